The van der Waals surface area contributed by atoms with Crippen molar-refractivity contribution in [2.24, 2.45) is 11.5 Å². The summed E-state index contributed by atoms with van der Waals surface area (Å²) in [4.78, 5) is 9.02. The lowest BCUT2D eigenvalue weighted by atomic mass is 10.1. The Labute approximate surface area is 91.9 Å². The zero-order valence-electron chi connectivity index (χ0n) is 9.61. The van der Waals surface area contributed by atoms with Crippen LogP contribution in [0.3, 0.4) is 0 Å². The van der Waals surface area contributed by atoms with Gasteiger partial charge in [-0.15, -0.1) is 0 Å². The third-order valence-electron chi connectivity index (χ3n) is 2.03. The lowest BCUT2D eigenvalue weighted by Crippen LogP contribution is -2.33. The Morgan fingerprint density at radius 1 is 0.933 bits per heavy atom. The van der Waals surface area contributed by atoms with Crippen molar-refractivity contribution in [1.82, 2.24) is 0 Å². The fourth-order valence-electron chi connectivity index (χ4n) is 1.23. The first-order chi connectivity index (χ1) is 7.27. The molecule has 0 aliphatic heterocycles. The van der Waals surface area contributed by atoms with Crippen molar-refractivity contribution >= 4 is 0 Å². The molecular weight excluding hydrogens is 196 g/mol. The molecule has 92 valence electrons. The van der Waals surface area contributed by atoms with E-state index in [0.29, 0.717) is 6.61 Å². The number of hydrogen-bond acceptors (Lipinski definition) is 5. The van der Waals surface area contributed by atoms with Gasteiger partial charge in [-0.05, 0) is 6.42 Å². The Kier molecular flexibility index (Phi) is 11.7. The molecule has 0 aromatic rings. The summed E-state index contributed by atoms with van der Waals surface area (Å²) in [5, 5.41) is 4.29. The van der Waals surface area contributed by atoms with Gasteiger partial charge in [-0.1, -0.05) is 50.5 Å². The summed E-state index contributed by atoms with van der Waals surface area (Å²) in [6.45, 7) is 2.73. The molecule has 0 aromatic heterocycles. The van der Waals surface area contributed by atoms with Crippen LogP contribution in [0.25, 0.3) is 0 Å². The molecule has 4 N–H and O–H groups in total. The molecule has 0 saturated carbocycles. The third-order valence-corrected chi connectivity index (χ3v) is 2.03. The predicted octanol–water partition coefficient (Wildman–Crippen LogP) is 1.82. The summed E-state index contributed by atoms with van der Waals surface area (Å²) in [6.07, 6.45) is 7.68. The van der Waals surface area contributed by atoms with E-state index in [-0.39, 0.29) is 0 Å². The summed E-state index contributed by atoms with van der Waals surface area (Å²) in [5.74, 6) is 0. The minimum Gasteiger partial charge on any atom is -0.291 e. The zero-order valence-corrected chi connectivity index (χ0v) is 9.61. The van der Waals surface area contributed by atoms with Gasteiger partial charge in [-0.2, -0.15) is 4.89 Å². The van der Waals surface area contributed by atoms with Gasteiger partial charge in [-0.25, -0.2) is 4.89 Å². The molecule has 0 heterocycles. The normalized spacial score (nSPS) is 11.2. The second kappa shape index (κ2) is 11.9. The molecule has 0 aliphatic carbocycles. The van der Waals surface area contributed by atoms with Crippen LogP contribution in [0.4, 0.5) is 0 Å². The summed E-state index contributed by atoms with van der Waals surface area (Å²) < 4.78 is 0. The van der Waals surface area contributed by atoms with E-state index in [1.807, 2.05) is 0 Å². The lowest BCUT2D eigenvalue weighted by Gasteiger charge is -2.05. The first-order valence-electron chi connectivity index (χ1n) is 5.73. The van der Waals surface area contributed by atoms with Gasteiger partial charge in [0, 0.05) is 0 Å². The minimum atomic E-state index is -0.945. The van der Waals surface area contributed by atoms with E-state index in [9.17, 15) is 0 Å². The molecule has 0 aliphatic rings. The predicted molar refractivity (Wildman–Crippen MR) is 58.3 cm³/mol. The second-order valence-electron chi connectivity index (χ2n) is 3.57. The van der Waals surface area contributed by atoms with Crippen LogP contribution >= 0.6 is 0 Å². The van der Waals surface area contributed by atoms with Crippen LogP contribution in [0.2, 0.25) is 0 Å². The van der Waals surface area contributed by atoms with Crippen LogP contribution in [-0.4, -0.2) is 13.0 Å². The van der Waals surface area contributed by atoms with Crippen molar-refractivity contribution in [3.8, 4) is 0 Å². The lowest BCUT2D eigenvalue weighted by molar-refractivity contribution is -0.525. The molecule has 5 heteroatoms. The maximum Gasteiger partial charge on any atom is 0.195 e. The van der Waals surface area contributed by atoms with E-state index in [0.717, 1.165) is 12.8 Å². The molecule has 0 spiro atoms. The topological polar surface area (TPSA) is 79.7 Å². The van der Waals surface area contributed by atoms with Crippen LogP contribution in [0.5, 0.6) is 0 Å². The summed E-state index contributed by atoms with van der Waals surface area (Å²) in [6, 6.07) is 0. The molecule has 0 saturated heterocycles. The van der Waals surface area contributed by atoms with E-state index >= 15 is 0 Å². The molecule has 0 unspecified atom stereocenters. The fraction of sp³-hybridized carbons (Fsp3) is 1.00. The van der Waals surface area contributed by atoms with Crippen molar-refractivity contribution in [1.29, 1.82) is 0 Å². The van der Waals surface area contributed by atoms with E-state index < -0.39 is 6.35 Å². The largest absolute Gasteiger partial charge is 0.291 e. The summed E-state index contributed by atoms with van der Waals surface area (Å²) in [5.41, 5.74) is 10.1. The molecular formula is C10H24N2O3. The standard InChI is InChI=1S/C10H24N2O3/c1-2-3-4-5-6-7-8-9-13-15-14-10(11)12/h10H,2-9,11-12H2,1H3. The van der Waals surface area contributed by atoms with Gasteiger partial charge in [-0.3, -0.25) is 11.5 Å². The van der Waals surface area contributed by atoms with E-state index in [4.69, 9.17) is 11.5 Å². The third kappa shape index (κ3) is 13.8. The van der Waals surface area contributed by atoms with Crippen molar-refractivity contribution in [2.75, 3.05) is 6.61 Å². The van der Waals surface area contributed by atoms with Gasteiger partial charge in [0.05, 0.1) is 6.61 Å². The molecule has 0 radical (unpaired) electrons. The van der Waals surface area contributed by atoms with Gasteiger partial charge in [0.1, 0.15) is 0 Å². The highest BCUT2D eigenvalue weighted by molar-refractivity contribution is 4.43. The molecule has 0 bridgehead atoms. The number of nitrogens with two attached hydrogens (primary N) is 2. The first-order valence-corrected chi connectivity index (χ1v) is 5.73. The van der Waals surface area contributed by atoms with Crippen LogP contribution in [0.15, 0.2) is 0 Å². The quantitative estimate of drug-likeness (QED) is 0.240. The number of rotatable bonds is 11. The highest BCUT2D eigenvalue weighted by Crippen LogP contribution is 2.06. The van der Waals surface area contributed by atoms with Crippen molar-refractivity contribution < 1.29 is 14.8 Å². The molecule has 5 nitrogen and oxygen atoms in total. The molecule has 15 heavy (non-hydrogen) atoms. The molecule has 0 atom stereocenters. The first kappa shape index (κ1) is 14.8. The monoisotopic (exact) mass is 220 g/mol. The minimum absolute atomic E-state index is 0.514. The van der Waals surface area contributed by atoms with E-state index in [1.165, 1.54) is 32.1 Å². The Morgan fingerprint density at radius 2 is 1.53 bits per heavy atom. The van der Waals surface area contributed by atoms with Crippen LogP contribution in [0.1, 0.15) is 51.9 Å². The Bertz CT molecular complexity index is 123. The number of unbranched alkanes of at least 4 members (excludes halogenated alkanes) is 6. The van der Waals surface area contributed by atoms with Crippen LogP contribution in [0, 0.1) is 0 Å². The van der Waals surface area contributed by atoms with Crippen molar-refractivity contribution in [3.63, 3.8) is 0 Å². The molecule has 0 rings (SSSR count). The maximum absolute atomic E-state index is 5.05. The highest BCUT2D eigenvalue weighted by atomic mass is 17.5. The summed E-state index contributed by atoms with van der Waals surface area (Å²) >= 11 is 0. The molecule has 0 aromatic carbocycles. The molecule has 0 amide bonds. The molecule has 0 fully saturated rings. The van der Waals surface area contributed by atoms with E-state index in [1.54, 1.807) is 0 Å². The highest BCUT2D eigenvalue weighted by Gasteiger charge is 1.95. The Morgan fingerprint density at radius 3 is 2.13 bits per heavy atom. The van der Waals surface area contributed by atoms with Gasteiger partial charge < -0.3 is 0 Å². The Hall–Kier alpha value is -0.200. The van der Waals surface area contributed by atoms with Crippen molar-refractivity contribution in [2.45, 2.75) is 58.2 Å². The summed E-state index contributed by atoms with van der Waals surface area (Å²) in [7, 11) is 0. The van der Waals surface area contributed by atoms with Crippen LogP contribution in [-0.2, 0) is 14.8 Å². The smallest absolute Gasteiger partial charge is 0.195 e. The van der Waals surface area contributed by atoms with Gasteiger partial charge in [0.25, 0.3) is 0 Å². The fourth-order valence-corrected chi connectivity index (χ4v) is 1.23. The van der Waals surface area contributed by atoms with Gasteiger partial charge in [0.15, 0.2) is 6.35 Å². The van der Waals surface area contributed by atoms with Crippen molar-refractivity contribution in [3.05, 3.63) is 0 Å². The van der Waals surface area contributed by atoms with E-state index in [2.05, 4.69) is 21.7 Å². The Balaban J connectivity index is 2.87. The average Bonchev–Trinajstić information content (AvgIpc) is 2.20. The number of hydrogen-bond donors (Lipinski definition) is 2. The van der Waals surface area contributed by atoms with Gasteiger partial charge in [0.2, 0.25) is 0 Å². The average molecular weight is 220 g/mol. The maximum atomic E-state index is 5.05. The van der Waals surface area contributed by atoms with Crippen LogP contribution < -0.4 is 11.5 Å². The second-order valence-corrected chi connectivity index (χ2v) is 3.57. The zero-order chi connectivity index (χ0) is 11.4. The SMILES string of the molecule is CCCCCCCCCOOOC(N)N. The van der Waals surface area contributed by atoms with Gasteiger partial charge >= 0.3 is 0 Å².